The molecule has 2 fully saturated rings. The molecule has 0 aromatic heterocycles. The Bertz CT molecular complexity index is 320. The second-order valence-corrected chi connectivity index (χ2v) is 5.84. The second-order valence-electron chi connectivity index (χ2n) is 5.84. The van der Waals surface area contributed by atoms with E-state index >= 15 is 0 Å². The molecule has 3 atom stereocenters. The molecule has 0 aromatic carbocycles. The molecule has 2 N–H and O–H groups in total. The summed E-state index contributed by atoms with van der Waals surface area (Å²) in [7, 11) is 0. The summed E-state index contributed by atoms with van der Waals surface area (Å²) < 4.78 is 0. The van der Waals surface area contributed by atoms with Gasteiger partial charge in [0.05, 0.1) is 5.92 Å². The quantitative estimate of drug-likeness (QED) is 0.764. The molecule has 2 aliphatic rings. The SMILES string of the molecule is O=C(O)CCC(C1CCCCC1)C1CC1C(=O)O. The van der Waals surface area contributed by atoms with E-state index in [0.717, 1.165) is 19.3 Å². The van der Waals surface area contributed by atoms with E-state index in [9.17, 15) is 9.59 Å². The zero-order chi connectivity index (χ0) is 13.1. The summed E-state index contributed by atoms with van der Waals surface area (Å²) in [4.78, 5) is 21.7. The third kappa shape index (κ3) is 3.24. The Morgan fingerprint density at radius 3 is 2.28 bits per heavy atom. The standard InChI is InChI=1S/C14H22O4/c15-13(16)7-6-10(9-4-2-1-3-5-9)11-8-12(11)14(17)18/h9-12H,1-8H2,(H,15,16)(H,17,18). The third-order valence-electron chi connectivity index (χ3n) is 4.65. The number of carboxylic acids is 2. The summed E-state index contributed by atoms with van der Waals surface area (Å²) >= 11 is 0. The summed E-state index contributed by atoms with van der Waals surface area (Å²) in [6, 6.07) is 0. The minimum Gasteiger partial charge on any atom is -0.481 e. The molecule has 102 valence electrons. The van der Waals surface area contributed by atoms with Crippen LogP contribution in [-0.2, 0) is 9.59 Å². The lowest BCUT2D eigenvalue weighted by Gasteiger charge is -2.30. The predicted octanol–water partition coefficient (Wildman–Crippen LogP) is 2.77. The molecule has 0 aromatic rings. The molecule has 0 saturated heterocycles. The van der Waals surface area contributed by atoms with E-state index in [1.807, 2.05) is 0 Å². The first-order valence-electron chi connectivity index (χ1n) is 7.04. The maximum atomic E-state index is 11.0. The minimum atomic E-state index is -0.761. The third-order valence-corrected chi connectivity index (χ3v) is 4.65. The summed E-state index contributed by atoms with van der Waals surface area (Å²) in [5, 5.41) is 17.9. The molecule has 0 amide bonds. The van der Waals surface area contributed by atoms with E-state index in [0.29, 0.717) is 18.3 Å². The lowest BCUT2D eigenvalue weighted by atomic mass is 9.75. The van der Waals surface area contributed by atoms with Gasteiger partial charge in [0.1, 0.15) is 0 Å². The number of hydrogen-bond donors (Lipinski definition) is 2. The van der Waals surface area contributed by atoms with Crippen LogP contribution in [0.4, 0.5) is 0 Å². The largest absolute Gasteiger partial charge is 0.481 e. The highest BCUT2D eigenvalue weighted by Gasteiger charge is 2.49. The molecule has 3 unspecified atom stereocenters. The first kappa shape index (κ1) is 13.4. The fraction of sp³-hybridized carbons (Fsp3) is 0.857. The van der Waals surface area contributed by atoms with Crippen molar-refractivity contribution in [2.75, 3.05) is 0 Å². The van der Waals surface area contributed by atoms with E-state index in [-0.39, 0.29) is 18.3 Å². The molecule has 4 nitrogen and oxygen atoms in total. The van der Waals surface area contributed by atoms with Crippen molar-refractivity contribution in [2.24, 2.45) is 23.7 Å². The van der Waals surface area contributed by atoms with Gasteiger partial charge in [-0.3, -0.25) is 9.59 Å². The van der Waals surface area contributed by atoms with Gasteiger partial charge in [0.15, 0.2) is 0 Å². The van der Waals surface area contributed by atoms with Gasteiger partial charge in [-0.1, -0.05) is 32.1 Å². The Labute approximate surface area is 107 Å². The summed E-state index contributed by atoms with van der Waals surface area (Å²) in [6.45, 7) is 0. The molecule has 18 heavy (non-hydrogen) atoms. The van der Waals surface area contributed by atoms with Crippen LogP contribution in [0.1, 0.15) is 51.4 Å². The zero-order valence-electron chi connectivity index (χ0n) is 10.7. The van der Waals surface area contributed by atoms with Crippen LogP contribution in [0.3, 0.4) is 0 Å². The van der Waals surface area contributed by atoms with Gasteiger partial charge in [-0.25, -0.2) is 0 Å². The van der Waals surface area contributed by atoms with E-state index < -0.39 is 11.9 Å². The number of carbonyl (C=O) groups is 2. The van der Waals surface area contributed by atoms with Gasteiger partial charge in [-0.05, 0) is 30.6 Å². The van der Waals surface area contributed by atoms with Gasteiger partial charge >= 0.3 is 11.9 Å². The van der Waals surface area contributed by atoms with E-state index in [1.165, 1.54) is 19.3 Å². The maximum absolute atomic E-state index is 11.0. The van der Waals surface area contributed by atoms with E-state index in [4.69, 9.17) is 10.2 Å². The summed E-state index contributed by atoms with van der Waals surface area (Å²) in [5.41, 5.74) is 0. The van der Waals surface area contributed by atoms with Crippen LogP contribution in [-0.4, -0.2) is 22.2 Å². The molecule has 0 bridgehead atoms. The Hall–Kier alpha value is -1.06. The van der Waals surface area contributed by atoms with Gasteiger partial charge in [-0.15, -0.1) is 0 Å². The Balaban J connectivity index is 1.94. The van der Waals surface area contributed by atoms with Gasteiger partial charge in [0, 0.05) is 6.42 Å². The molecule has 2 aliphatic carbocycles. The zero-order valence-corrected chi connectivity index (χ0v) is 10.7. The van der Waals surface area contributed by atoms with Gasteiger partial charge in [0.2, 0.25) is 0 Å². The van der Waals surface area contributed by atoms with Crippen molar-refractivity contribution in [1.82, 2.24) is 0 Å². The normalized spacial score (nSPS) is 29.8. The van der Waals surface area contributed by atoms with E-state index in [1.54, 1.807) is 0 Å². The van der Waals surface area contributed by atoms with Gasteiger partial charge in [-0.2, -0.15) is 0 Å². The van der Waals surface area contributed by atoms with Crippen molar-refractivity contribution in [3.05, 3.63) is 0 Å². The predicted molar refractivity (Wildman–Crippen MR) is 66.2 cm³/mol. The number of rotatable bonds is 6. The lowest BCUT2D eigenvalue weighted by Crippen LogP contribution is -2.22. The van der Waals surface area contributed by atoms with Crippen LogP contribution < -0.4 is 0 Å². The van der Waals surface area contributed by atoms with Crippen molar-refractivity contribution in [3.63, 3.8) is 0 Å². The average Bonchev–Trinajstić information content (AvgIpc) is 3.11. The van der Waals surface area contributed by atoms with Crippen LogP contribution in [0.2, 0.25) is 0 Å². The first-order chi connectivity index (χ1) is 8.59. The Morgan fingerprint density at radius 1 is 1.11 bits per heavy atom. The van der Waals surface area contributed by atoms with Crippen molar-refractivity contribution >= 4 is 11.9 Å². The van der Waals surface area contributed by atoms with Crippen molar-refractivity contribution in [1.29, 1.82) is 0 Å². The Morgan fingerprint density at radius 2 is 1.78 bits per heavy atom. The van der Waals surface area contributed by atoms with Crippen LogP contribution in [0, 0.1) is 23.7 Å². The molecular weight excluding hydrogens is 232 g/mol. The van der Waals surface area contributed by atoms with Gasteiger partial charge in [0.25, 0.3) is 0 Å². The molecule has 0 radical (unpaired) electrons. The van der Waals surface area contributed by atoms with Crippen molar-refractivity contribution in [3.8, 4) is 0 Å². The summed E-state index contributed by atoms with van der Waals surface area (Å²) in [5.74, 6) is -0.537. The molecule has 0 heterocycles. The highest BCUT2D eigenvalue weighted by Crippen LogP contribution is 2.51. The second kappa shape index (κ2) is 5.72. The Kier molecular flexibility index (Phi) is 4.25. The highest BCUT2D eigenvalue weighted by atomic mass is 16.4. The van der Waals surface area contributed by atoms with Crippen LogP contribution in [0.5, 0.6) is 0 Å². The molecule has 0 aliphatic heterocycles. The topological polar surface area (TPSA) is 74.6 Å². The first-order valence-corrected chi connectivity index (χ1v) is 7.04. The van der Waals surface area contributed by atoms with Crippen LogP contribution in [0.25, 0.3) is 0 Å². The lowest BCUT2D eigenvalue weighted by molar-refractivity contribution is -0.139. The number of hydrogen-bond acceptors (Lipinski definition) is 2. The fourth-order valence-electron chi connectivity index (χ4n) is 3.62. The van der Waals surface area contributed by atoms with Crippen LogP contribution in [0.15, 0.2) is 0 Å². The van der Waals surface area contributed by atoms with Crippen molar-refractivity contribution in [2.45, 2.75) is 51.4 Å². The molecule has 2 saturated carbocycles. The summed E-state index contributed by atoms with van der Waals surface area (Å²) in [6.07, 6.45) is 7.64. The number of aliphatic carboxylic acids is 2. The van der Waals surface area contributed by atoms with Gasteiger partial charge < -0.3 is 10.2 Å². The molecule has 4 heteroatoms. The maximum Gasteiger partial charge on any atom is 0.306 e. The van der Waals surface area contributed by atoms with E-state index in [2.05, 4.69) is 0 Å². The average molecular weight is 254 g/mol. The molecule has 0 spiro atoms. The van der Waals surface area contributed by atoms with Crippen LogP contribution >= 0.6 is 0 Å². The van der Waals surface area contributed by atoms with Crippen molar-refractivity contribution < 1.29 is 19.8 Å². The number of carboxylic acid groups (broad SMARTS) is 2. The minimum absolute atomic E-state index is 0.185. The highest BCUT2D eigenvalue weighted by molar-refractivity contribution is 5.73. The molecule has 2 rings (SSSR count). The molecular formula is C14H22O4. The fourth-order valence-corrected chi connectivity index (χ4v) is 3.62. The monoisotopic (exact) mass is 254 g/mol. The smallest absolute Gasteiger partial charge is 0.306 e.